The van der Waals surface area contributed by atoms with Crippen LogP contribution in [0.15, 0.2) is 84.9 Å². The molecule has 46 heavy (non-hydrogen) atoms. The summed E-state index contributed by atoms with van der Waals surface area (Å²) in [5.41, 5.74) is 1.53. The average molecular weight is 642 g/mol. The quantitative estimate of drug-likeness (QED) is 0.209. The van der Waals surface area contributed by atoms with Crippen molar-refractivity contribution in [3.63, 3.8) is 0 Å². The van der Waals surface area contributed by atoms with Gasteiger partial charge in [0.2, 0.25) is 5.91 Å². The molecule has 0 radical (unpaired) electrons. The first-order chi connectivity index (χ1) is 21.6. The smallest absolute Gasteiger partial charge is 0.461 e. The van der Waals surface area contributed by atoms with Crippen LogP contribution in [0.2, 0.25) is 0 Å². The molecule has 0 unspecified atom stereocenters. The molecule has 0 aliphatic carbocycles. The Labute approximate surface area is 265 Å². The number of rotatable bonds is 13. The third kappa shape index (κ3) is 11.7. The first-order valence-corrected chi connectivity index (χ1v) is 14.6. The molecule has 3 aromatic rings. The predicted octanol–water partition coefficient (Wildman–Crippen LogP) is 4.03. The molecule has 0 bridgehead atoms. The summed E-state index contributed by atoms with van der Waals surface area (Å²) in [4.78, 5) is 50.8. The highest BCUT2D eigenvalue weighted by Gasteiger charge is 2.42. The number of ether oxygens (including phenoxy) is 1. The minimum absolute atomic E-state index is 0.0441. The number of esters is 1. The molecule has 3 amide bonds. The lowest BCUT2D eigenvalue weighted by Crippen LogP contribution is -2.56. The number of benzene rings is 3. The van der Waals surface area contributed by atoms with Crippen molar-refractivity contribution in [1.82, 2.24) is 16.0 Å². The Balaban J connectivity index is 1.84. The molecule has 0 heterocycles. The molecule has 0 aliphatic heterocycles. The monoisotopic (exact) mass is 641 g/mol. The molecule has 3 aromatic carbocycles. The lowest BCUT2D eigenvalue weighted by atomic mass is 9.93. The zero-order valence-electron chi connectivity index (χ0n) is 25.8. The van der Waals surface area contributed by atoms with Crippen molar-refractivity contribution in [2.24, 2.45) is 0 Å². The zero-order chi connectivity index (χ0) is 33.9. The van der Waals surface area contributed by atoms with Gasteiger partial charge in [-0.25, -0.2) is 0 Å². The molecule has 0 saturated heterocycles. The minimum Gasteiger partial charge on any atom is -0.461 e. The van der Waals surface area contributed by atoms with E-state index in [0.717, 1.165) is 0 Å². The van der Waals surface area contributed by atoms with E-state index in [4.69, 9.17) is 4.74 Å². The van der Waals surface area contributed by atoms with E-state index in [1.807, 2.05) is 20.8 Å². The molecule has 4 N–H and O–H groups in total. The number of alkyl halides is 3. The Bertz CT molecular complexity index is 1480. The van der Waals surface area contributed by atoms with Gasteiger partial charge in [-0.2, -0.15) is 13.2 Å². The van der Waals surface area contributed by atoms with Gasteiger partial charge in [-0.05, 0) is 49.9 Å². The lowest BCUT2D eigenvalue weighted by Gasteiger charge is -2.28. The van der Waals surface area contributed by atoms with Crippen LogP contribution in [-0.2, 0) is 38.6 Å². The van der Waals surface area contributed by atoms with Crippen molar-refractivity contribution in [3.8, 4) is 0 Å². The average Bonchev–Trinajstić information content (AvgIpc) is 2.99. The zero-order valence-corrected chi connectivity index (χ0v) is 25.8. The molecule has 0 saturated carbocycles. The van der Waals surface area contributed by atoms with Crippen molar-refractivity contribution < 1.29 is 42.2 Å². The first kappa shape index (κ1) is 35.8. The van der Waals surface area contributed by atoms with Gasteiger partial charge in [0, 0.05) is 17.5 Å². The van der Waals surface area contributed by atoms with Crippen LogP contribution in [-0.4, -0.2) is 58.7 Å². The number of carbonyl (C=O) groups excluding carboxylic acids is 4. The fourth-order valence-corrected chi connectivity index (χ4v) is 4.54. The van der Waals surface area contributed by atoms with Crippen molar-refractivity contribution in [2.45, 2.75) is 76.5 Å². The highest BCUT2D eigenvalue weighted by atomic mass is 19.4. The molecule has 0 spiro atoms. The number of hydrogen-bond donors (Lipinski definition) is 4. The Kier molecular flexibility index (Phi) is 12.5. The van der Waals surface area contributed by atoms with Crippen LogP contribution >= 0.6 is 0 Å². The van der Waals surface area contributed by atoms with Gasteiger partial charge in [-0.3, -0.25) is 19.2 Å². The molecule has 246 valence electrons. The van der Waals surface area contributed by atoms with Gasteiger partial charge in [0.05, 0.1) is 18.6 Å². The first-order valence-electron chi connectivity index (χ1n) is 14.6. The van der Waals surface area contributed by atoms with Crippen LogP contribution in [0.4, 0.5) is 13.2 Å². The summed E-state index contributed by atoms with van der Waals surface area (Å²) >= 11 is 0. The standard InChI is InChI=1S/C34H38F3N3O6/c1-33(2,3)40-30(43)25-17-11-10-16-24(25)19-28(41)26(18-22-12-6-4-7-13-22)38-31(44)27(39-32(45)34(35,36)37)20-29(42)46-21-23-14-8-5-9-15-23/h4-17,26-28,41H,18-21H2,1-3H3,(H,38,44)(H,39,45)(H,40,43)/t26-,27-,28+/m0/s1. The van der Waals surface area contributed by atoms with E-state index < -0.39 is 54.1 Å². The predicted molar refractivity (Wildman–Crippen MR) is 164 cm³/mol. The Morgan fingerprint density at radius 2 is 1.35 bits per heavy atom. The van der Waals surface area contributed by atoms with Gasteiger partial charge in [-0.1, -0.05) is 78.9 Å². The van der Waals surface area contributed by atoms with Gasteiger partial charge < -0.3 is 25.8 Å². The second kappa shape index (κ2) is 16.0. The summed E-state index contributed by atoms with van der Waals surface area (Å²) < 4.78 is 44.7. The summed E-state index contributed by atoms with van der Waals surface area (Å²) in [7, 11) is 0. The topological polar surface area (TPSA) is 134 Å². The maximum absolute atomic E-state index is 13.4. The van der Waals surface area contributed by atoms with E-state index in [9.17, 15) is 37.5 Å². The maximum Gasteiger partial charge on any atom is 0.471 e. The molecule has 12 heteroatoms. The Morgan fingerprint density at radius 1 is 0.783 bits per heavy atom. The van der Waals surface area contributed by atoms with Crippen LogP contribution < -0.4 is 16.0 Å². The Morgan fingerprint density at radius 3 is 1.93 bits per heavy atom. The SMILES string of the molecule is CC(C)(C)NC(=O)c1ccccc1C[C@@H](O)[C@H](Cc1ccccc1)NC(=O)[C@H](CC(=O)OCc1ccccc1)NC(=O)C(F)(F)F. The summed E-state index contributed by atoms with van der Waals surface area (Å²) in [5, 5.41) is 18.4. The number of hydrogen-bond acceptors (Lipinski definition) is 6. The van der Waals surface area contributed by atoms with E-state index in [2.05, 4.69) is 10.6 Å². The van der Waals surface area contributed by atoms with Gasteiger partial charge >= 0.3 is 18.1 Å². The van der Waals surface area contributed by atoms with Gasteiger partial charge in [0.25, 0.3) is 5.91 Å². The number of halogens is 3. The normalized spacial score (nSPS) is 13.5. The van der Waals surface area contributed by atoms with Crippen molar-refractivity contribution >= 4 is 23.7 Å². The molecular weight excluding hydrogens is 603 g/mol. The third-order valence-corrected chi connectivity index (χ3v) is 6.76. The molecular formula is C34H38F3N3O6. The van der Waals surface area contributed by atoms with Crippen LogP contribution in [0.1, 0.15) is 54.2 Å². The molecule has 3 atom stereocenters. The molecule has 0 fully saturated rings. The Hall–Kier alpha value is -4.71. The third-order valence-electron chi connectivity index (χ3n) is 6.76. The number of nitrogens with one attached hydrogen (secondary N) is 3. The van der Waals surface area contributed by atoms with Crippen molar-refractivity contribution in [1.29, 1.82) is 0 Å². The largest absolute Gasteiger partial charge is 0.471 e. The van der Waals surface area contributed by atoms with Crippen LogP contribution in [0.3, 0.4) is 0 Å². The highest BCUT2D eigenvalue weighted by molar-refractivity contribution is 5.96. The van der Waals surface area contributed by atoms with E-state index in [1.165, 1.54) is 0 Å². The number of amides is 3. The highest BCUT2D eigenvalue weighted by Crippen LogP contribution is 2.18. The minimum atomic E-state index is -5.33. The molecule has 9 nitrogen and oxygen atoms in total. The molecule has 3 rings (SSSR count). The number of aliphatic hydroxyl groups is 1. The summed E-state index contributed by atoms with van der Waals surface area (Å²) in [6, 6.07) is 20.7. The van der Waals surface area contributed by atoms with Crippen molar-refractivity contribution in [2.75, 3.05) is 0 Å². The summed E-state index contributed by atoms with van der Waals surface area (Å²) in [5.74, 6) is -4.94. The van der Waals surface area contributed by atoms with Crippen LogP contribution in [0, 0.1) is 0 Å². The van der Waals surface area contributed by atoms with Crippen molar-refractivity contribution in [3.05, 3.63) is 107 Å². The van der Waals surface area contributed by atoms with Gasteiger partial charge in [-0.15, -0.1) is 0 Å². The molecule has 0 aromatic heterocycles. The van der Waals surface area contributed by atoms with Gasteiger partial charge in [0.1, 0.15) is 12.6 Å². The van der Waals surface area contributed by atoms with E-state index >= 15 is 0 Å². The summed E-state index contributed by atoms with van der Waals surface area (Å²) in [6.07, 6.45) is -7.62. The second-order valence-electron chi connectivity index (χ2n) is 11.8. The lowest BCUT2D eigenvalue weighted by molar-refractivity contribution is -0.175. The van der Waals surface area contributed by atoms with Gasteiger partial charge in [0.15, 0.2) is 0 Å². The maximum atomic E-state index is 13.4. The second-order valence-corrected chi connectivity index (χ2v) is 11.8. The van der Waals surface area contributed by atoms with Crippen LogP contribution in [0.5, 0.6) is 0 Å². The molecule has 0 aliphatic rings. The summed E-state index contributed by atoms with van der Waals surface area (Å²) in [6.45, 7) is 5.26. The van der Waals surface area contributed by atoms with E-state index in [1.54, 1.807) is 90.2 Å². The fourth-order valence-electron chi connectivity index (χ4n) is 4.54. The van der Waals surface area contributed by atoms with Crippen LogP contribution in [0.25, 0.3) is 0 Å². The number of aliphatic hydroxyl groups excluding tert-OH is 1. The van der Waals surface area contributed by atoms with E-state index in [-0.39, 0.29) is 25.4 Å². The fraction of sp³-hybridized carbons (Fsp3) is 0.353. The van der Waals surface area contributed by atoms with E-state index in [0.29, 0.717) is 22.3 Å². The number of carbonyl (C=O) groups is 4.